The number of hydrogen-bond acceptors (Lipinski definition) is 6. The molecule has 0 aromatic carbocycles. The van der Waals surface area contributed by atoms with Gasteiger partial charge in [-0.1, -0.05) is 41.5 Å². The third-order valence-electron chi connectivity index (χ3n) is 0.393. The van der Waals surface area contributed by atoms with Crippen molar-refractivity contribution in [3.8, 4) is 0 Å². The van der Waals surface area contributed by atoms with Crippen LogP contribution in [-0.4, -0.2) is 30.1 Å². The van der Waals surface area contributed by atoms with Gasteiger partial charge in [0.15, 0.2) is 0 Å². The first kappa shape index (κ1) is 31.9. The summed E-state index contributed by atoms with van der Waals surface area (Å²) in [5.74, 6) is -1.69. The molecule has 0 atom stereocenters. The molecule has 0 heterocycles. The van der Waals surface area contributed by atoms with Gasteiger partial charge in [-0.2, -0.15) is 0 Å². The fraction of sp³-hybridized carbons (Fsp3) is 0.846. The Labute approximate surface area is 137 Å². The Hall–Kier alpha value is -0.266. The van der Waals surface area contributed by atoms with E-state index in [1.54, 1.807) is 41.5 Å². The van der Waals surface area contributed by atoms with Crippen LogP contribution >= 0.6 is 0 Å². The molecule has 0 aromatic rings. The van der Waals surface area contributed by atoms with E-state index in [1.165, 1.54) is 6.92 Å². The number of carboxylic acid groups (broad SMARTS) is 1. The number of aliphatic carboxylic acids is 1. The number of carbonyl (C=O) groups excluding carboxylic acids is 2. The molecular weight excluding hydrogens is 300 g/mol. The molecular formula is C13H26O6Ti. The Morgan fingerprint density at radius 2 is 0.950 bits per heavy atom. The minimum atomic E-state index is -1.31. The van der Waals surface area contributed by atoms with Gasteiger partial charge in [0.2, 0.25) is 0 Å². The van der Waals surface area contributed by atoms with E-state index in [2.05, 4.69) is 0 Å². The van der Waals surface area contributed by atoms with Crippen LogP contribution in [0.2, 0.25) is 0 Å². The van der Waals surface area contributed by atoms with Gasteiger partial charge in [-0.15, -0.1) is 18.3 Å². The van der Waals surface area contributed by atoms with Crippen molar-refractivity contribution in [1.82, 2.24) is 0 Å². The van der Waals surface area contributed by atoms with E-state index in [9.17, 15) is 30.0 Å². The quantitative estimate of drug-likeness (QED) is 0.426. The van der Waals surface area contributed by atoms with Crippen LogP contribution in [-0.2, 0) is 31.3 Å². The molecule has 0 aliphatic carbocycles. The van der Waals surface area contributed by atoms with Crippen LogP contribution in [0.5, 0.6) is 0 Å². The second-order valence-electron chi connectivity index (χ2n) is 4.40. The number of carbonyl (C=O) groups is 2. The van der Waals surface area contributed by atoms with Gasteiger partial charge in [-0.3, -0.25) is 4.79 Å². The van der Waals surface area contributed by atoms with Crippen molar-refractivity contribution in [3.63, 3.8) is 0 Å². The summed E-state index contributed by atoms with van der Waals surface area (Å²) >= 11 is 0. The maximum Gasteiger partial charge on any atom is 4.00 e. The molecule has 0 spiro atoms. The van der Waals surface area contributed by atoms with Crippen LogP contribution in [0.3, 0.4) is 0 Å². The largest absolute Gasteiger partial charge is 4.00 e. The first-order valence-electron chi connectivity index (χ1n) is 5.99. The molecule has 0 fully saturated rings. The van der Waals surface area contributed by atoms with Crippen molar-refractivity contribution in [2.24, 2.45) is 0 Å². The molecule has 0 aliphatic heterocycles. The van der Waals surface area contributed by atoms with Gasteiger partial charge in [0.1, 0.15) is 5.78 Å². The summed E-state index contributed by atoms with van der Waals surface area (Å²) in [4.78, 5) is 19.3. The zero-order valence-corrected chi connectivity index (χ0v) is 15.0. The molecule has 118 valence electrons. The summed E-state index contributed by atoms with van der Waals surface area (Å²) in [5.41, 5.74) is 0. The molecule has 0 saturated heterocycles. The van der Waals surface area contributed by atoms with Crippen molar-refractivity contribution < 1.29 is 51.7 Å². The van der Waals surface area contributed by atoms with E-state index in [0.717, 1.165) is 0 Å². The third kappa shape index (κ3) is 356. The molecule has 0 N–H and O–H groups in total. The van der Waals surface area contributed by atoms with E-state index in [4.69, 9.17) is 0 Å². The smallest absolute Gasteiger partial charge is 0.852 e. The summed E-state index contributed by atoms with van der Waals surface area (Å²) in [6.45, 7) is 10.9. The molecule has 0 aliphatic rings. The zero-order chi connectivity index (χ0) is 16.6. The van der Waals surface area contributed by atoms with E-state index >= 15 is 0 Å². The zero-order valence-electron chi connectivity index (χ0n) is 13.4. The van der Waals surface area contributed by atoms with E-state index in [-0.39, 0.29) is 27.5 Å². The number of carboxylic acids is 1. The number of ketones is 1. The molecule has 7 heteroatoms. The van der Waals surface area contributed by atoms with Crippen molar-refractivity contribution in [2.75, 3.05) is 0 Å². The minimum absolute atomic E-state index is 0. The second-order valence-corrected chi connectivity index (χ2v) is 4.40. The molecule has 0 unspecified atom stereocenters. The van der Waals surface area contributed by atoms with Gasteiger partial charge in [0, 0.05) is 12.4 Å². The number of rotatable bonds is 2. The van der Waals surface area contributed by atoms with Crippen molar-refractivity contribution in [1.29, 1.82) is 0 Å². The van der Waals surface area contributed by atoms with Crippen molar-refractivity contribution in [3.05, 3.63) is 0 Å². The summed E-state index contributed by atoms with van der Waals surface area (Å²) in [7, 11) is 0. The van der Waals surface area contributed by atoms with Gasteiger partial charge in [-0.05, 0) is 6.92 Å². The second kappa shape index (κ2) is 23.8. The summed E-state index contributed by atoms with van der Waals surface area (Å²) < 4.78 is 0. The van der Waals surface area contributed by atoms with Crippen LogP contribution in [0, 0.1) is 0 Å². The number of Topliss-reactive ketones (excluding diaryl/α,β-unsaturated/α-hetero) is 1. The van der Waals surface area contributed by atoms with E-state index < -0.39 is 30.7 Å². The molecule has 20 heavy (non-hydrogen) atoms. The van der Waals surface area contributed by atoms with Gasteiger partial charge >= 0.3 is 21.7 Å². The Balaban J connectivity index is -0.0000000512. The number of hydrogen-bond donors (Lipinski definition) is 0. The summed E-state index contributed by atoms with van der Waals surface area (Å²) in [5, 5.41) is 38.1. The standard InChI is InChI=1S/C4H6O3.3C3H7O.Ti/c1-3(5)2-4(6)7;3*1-3(2)4;/h2H2,1H3,(H,6,7);3*3H,1-2H3;/q;3*-1;+4/p-1. The van der Waals surface area contributed by atoms with Gasteiger partial charge in [-0.25, -0.2) is 0 Å². The topological polar surface area (TPSA) is 126 Å². The van der Waals surface area contributed by atoms with E-state index in [1.807, 2.05) is 0 Å². The maximum absolute atomic E-state index is 9.83. The normalized spacial score (nSPS) is 8.25. The van der Waals surface area contributed by atoms with Crippen LogP contribution in [0.25, 0.3) is 0 Å². The Morgan fingerprint density at radius 3 is 0.950 bits per heavy atom. The molecule has 0 aromatic heterocycles. The maximum atomic E-state index is 9.83. The van der Waals surface area contributed by atoms with Gasteiger partial charge < -0.3 is 25.2 Å². The predicted octanol–water partition coefficient (Wildman–Crippen LogP) is -2.02. The first-order valence-corrected chi connectivity index (χ1v) is 5.99. The molecule has 0 bridgehead atoms. The summed E-state index contributed by atoms with van der Waals surface area (Å²) in [6.07, 6.45) is -1.72. The Kier molecular flexibility index (Phi) is 38.0. The molecule has 0 radical (unpaired) electrons. The molecule has 0 rings (SSSR count). The van der Waals surface area contributed by atoms with Crippen molar-refractivity contribution in [2.45, 2.75) is 73.2 Å². The fourth-order valence-corrected chi connectivity index (χ4v) is 0.203. The minimum Gasteiger partial charge on any atom is -0.852 e. The third-order valence-corrected chi connectivity index (χ3v) is 0.393. The molecule has 6 nitrogen and oxygen atoms in total. The van der Waals surface area contributed by atoms with Crippen LogP contribution in [0.15, 0.2) is 0 Å². The average Bonchev–Trinajstić information content (AvgIpc) is 1.95. The fourth-order valence-electron chi connectivity index (χ4n) is 0.203. The SMILES string of the molecule is CC(=O)CC(=O)[O-].CC(C)[O-].CC(C)[O-].CC(C)[O-].[Ti+4]. The summed E-state index contributed by atoms with van der Waals surface area (Å²) in [6, 6.07) is 0. The van der Waals surface area contributed by atoms with Gasteiger partial charge in [0.05, 0.1) is 0 Å². The van der Waals surface area contributed by atoms with Crippen LogP contribution in [0.4, 0.5) is 0 Å². The first-order chi connectivity index (χ1) is 8.32. The molecule has 0 amide bonds. The Bertz CT molecular complexity index is 171. The van der Waals surface area contributed by atoms with Gasteiger partial charge in [0.25, 0.3) is 0 Å². The van der Waals surface area contributed by atoms with Crippen molar-refractivity contribution >= 4 is 11.8 Å². The Morgan fingerprint density at radius 1 is 0.800 bits per heavy atom. The average molecular weight is 326 g/mol. The molecule has 0 saturated carbocycles. The van der Waals surface area contributed by atoms with Crippen LogP contribution in [0.1, 0.15) is 54.9 Å². The monoisotopic (exact) mass is 326 g/mol. The van der Waals surface area contributed by atoms with E-state index in [0.29, 0.717) is 0 Å². The predicted molar refractivity (Wildman–Crippen MR) is 65.7 cm³/mol. The van der Waals surface area contributed by atoms with Crippen LogP contribution < -0.4 is 20.4 Å².